The quantitative estimate of drug-likeness (QED) is 0.403. The zero-order chi connectivity index (χ0) is 12.8. The van der Waals surface area contributed by atoms with Crippen LogP contribution in [0, 0.1) is 10.1 Å². The summed E-state index contributed by atoms with van der Waals surface area (Å²) < 4.78 is 0. The second-order valence-corrected chi connectivity index (χ2v) is 3.36. The van der Waals surface area contributed by atoms with Crippen LogP contribution in [0.1, 0.15) is 23.7 Å². The van der Waals surface area contributed by atoms with Crippen LogP contribution in [0.2, 0.25) is 0 Å². The Morgan fingerprint density at radius 3 is 2.76 bits per heavy atom. The molecule has 0 fully saturated rings. The molecule has 0 unspecified atom stereocenters. The predicted octanol–water partition coefficient (Wildman–Crippen LogP) is 1.02. The first-order valence-corrected chi connectivity index (χ1v) is 5.14. The molecule has 92 valence electrons. The number of amides is 1. The maximum absolute atomic E-state index is 11.7. The Balaban J connectivity index is 3.14. The van der Waals surface area contributed by atoms with E-state index in [1.165, 1.54) is 18.2 Å². The van der Waals surface area contributed by atoms with Gasteiger partial charge in [0, 0.05) is 6.54 Å². The fourth-order valence-corrected chi connectivity index (χ4v) is 1.37. The molecule has 0 atom stereocenters. The Hall–Kier alpha value is -2.15. The lowest BCUT2D eigenvalue weighted by Gasteiger charge is -2.07. The van der Waals surface area contributed by atoms with Crippen LogP contribution in [0.3, 0.4) is 0 Å². The van der Waals surface area contributed by atoms with E-state index in [9.17, 15) is 14.9 Å². The lowest BCUT2D eigenvalue weighted by atomic mass is 10.1. The first kappa shape index (κ1) is 12.9. The molecule has 0 aromatic heterocycles. The molecule has 0 radical (unpaired) electrons. The topological polar surface area (TPSA) is 110 Å². The Kier molecular flexibility index (Phi) is 4.41. The highest BCUT2D eigenvalue weighted by atomic mass is 16.6. The van der Waals surface area contributed by atoms with Gasteiger partial charge < -0.3 is 10.7 Å². The molecule has 0 aliphatic rings. The van der Waals surface area contributed by atoms with Gasteiger partial charge in [-0.15, -0.1) is 0 Å². The number of nitro benzene ring substituents is 1. The summed E-state index contributed by atoms with van der Waals surface area (Å²) in [6.45, 7) is 2.36. The number of anilines is 1. The summed E-state index contributed by atoms with van der Waals surface area (Å²) >= 11 is 0. The molecule has 0 bridgehead atoms. The van der Waals surface area contributed by atoms with Crippen LogP contribution < -0.4 is 16.6 Å². The van der Waals surface area contributed by atoms with Crippen molar-refractivity contribution in [2.75, 3.05) is 12.0 Å². The van der Waals surface area contributed by atoms with Crippen LogP contribution in [0.15, 0.2) is 18.2 Å². The van der Waals surface area contributed by atoms with E-state index >= 15 is 0 Å². The van der Waals surface area contributed by atoms with Crippen LogP contribution in [-0.2, 0) is 0 Å². The van der Waals surface area contributed by atoms with E-state index in [1.807, 2.05) is 6.92 Å². The van der Waals surface area contributed by atoms with E-state index in [0.717, 1.165) is 6.42 Å². The molecule has 0 heterocycles. The summed E-state index contributed by atoms with van der Waals surface area (Å²) in [5.74, 6) is 4.70. The van der Waals surface area contributed by atoms with E-state index in [1.54, 1.807) is 0 Å². The lowest BCUT2D eigenvalue weighted by molar-refractivity contribution is -0.384. The number of nitrogens with one attached hydrogen (secondary N) is 2. The molecule has 7 heteroatoms. The number of hydrogen-bond acceptors (Lipinski definition) is 5. The normalized spacial score (nSPS) is 9.76. The SMILES string of the molecule is CCCNC(=O)c1cccc(NN)c1[N+](=O)[O-]. The minimum Gasteiger partial charge on any atom is -0.352 e. The van der Waals surface area contributed by atoms with Crippen molar-refractivity contribution in [3.8, 4) is 0 Å². The summed E-state index contributed by atoms with van der Waals surface area (Å²) in [6.07, 6.45) is 0.758. The van der Waals surface area contributed by atoms with Crippen molar-refractivity contribution in [1.82, 2.24) is 5.32 Å². The third-order valence-corrected chi connectivity index (χ3v) is 2.15. The third kappa shape index (κ3) is 2.91. The maximum atomic E-state index is 11.7. The first-order chi connectivity index (χ1) is 8.11. The molecule has 17 heavy (non-hydrogen) atoms. The smallest absolute Gasteiger partial charge is 0.306 e. The molecule has 0 spiro atoms. The predicted molar refractivity (Wildman–Crippen MR) is 63.5 cm³/mol. The number of nitrogen functional groups attached to an aromatic ring is 1. The summed E-state index contributed by atoms with van der Waals surface area (Å²) in [6, 6.07) is 4.36. The summed E-state index contributed by atoms with van der Waals surface area (Å²) in [5, 5.41) is 13.5. The van der Waals surface area contributed by atoms with Gasteiger partial charge in [-0.1, -0.05) is 13.0 Å². The highest BCUT2D eigenvalue weighted by molar-refractivity contribution is 6.00. The fourth-order valence-electron chi connectivity index (χ4n) is 1.37. The largest absolute Gasteiger partial charge is 0.352 e. The monoisotopic (exact) mass is 238 g/mol. The summed E-state index contributed by atoms with van der Waals surface area (Å²) in [4.78, 5) is 22.0. The second kappa shape index (κ2) is 5.80. The Bertz CT molecular complexity index is 434. The molecule has 1 rings (SSSR count). The molecule has 0 saturated heterocycles. The van der Waals surface area contributed by atoms with Crippen molar-refractivity contribution in [1.29, 1.82) is 0 Å². The first-order valence-electron chi connectivity index (χ1n) is 5.14. The average Bonchev–Trinajstić information content (AvgIpc) is 2.34. The van der Waals surface area contributed by atoms with Gasteiger partial charge in [0.15, 0.2) is 0 Å². The molecular formula is C10H14N4O3. The van der Waals surface area contributed by atoms with Gasteiger partial charge >= 0.3 is 5.69 Å². The van der Waals surface area contributed by atoms with Gasteiger partial charge in [0.25, 0.3) is 5.91 Å². The summed E-state index contributed by atoms with van der Waals surface area (Å²) in [5.41, 5.74) is 2.00. The van der Waals surface area contributed by atoms with Gasteiger partial charge in [0.1, 0.15) is 11.3 Å². The van der Waals surface area contributed by atoms with Gasteiger partial charge in [-0.25, -0.2) is 0 Å². The van der Waals surface area contributed by atoms with Crippen molar-refractivity contribution in [2.24, 2.45) is 5.84 Å². The van der Waals surface area contributed by atoms with Crippen molar-refractivity contribution in [3.63, 3.8) is 0 Å². The van der Waals surface area contributed by atoms with E-state index in [4.69, 9.17) is 5.84 Å². The van der Waals surface area contributed by atoms with Gasteiger partial charge in [0.2, 0.25) is 0 Å². The molecule has 1 aromatic carbocycles. The number of carbonyl (C=O) groups excluding carboxylic acids is 1. The van der Waals surface area contributed by atoms with Crippen molar-refractivity contribution in [3.05, 3.63) is 33.9 Å². The molecule has 4 N–H and O–H groups in total. The van der Waals surface area contributed by atoms with Crippen LogP contribution in [-0.4, -0.2) is 17.4 Å². The van der Waals surface area contributed by atoms with Crippen LogP contribution >= 0.6 is 0 Å². The van der Waals surface area contributed by atoms with Gasteiger partial charge in [0.05, 0.1) is 4.92 Å². The Morgan fingerprint density at radius 2 is 2.24 bits per heavy atom. The average molecular weight is 238 g/mol. The highest BCUT2D eigenvalue weighted by Gasteiger charge is 2.23. The third-order valence-electron chi connectivity index (χ3n) is 2.15. The van der Waals surface area contributed by atoms with Gasteiger partial charge in [-0.05, 0) is 18.6 Å². The number of benzene rings is 1. The van der Waals surface area contributed by atoms with Gasteiger partial charge in [-0.2, -0.15) is 0 Å². The van der Waals surface area contributed by atoms with Gasteiger partial charge in [-0.3, -0.25) is 20.8 Å². The number of nitrogens with two attached hydrogens (primary N) is 1. The fraction of sp³-hybridized carbons (Fsp3) is 0.300. The van der Waals surface area contributed by atoms with Crippen LogP contribution in [0.25, 0.3) is 0 Å². The highest BCUT2D eigenvalue weighted by Crippen LogP contribution is 2.27. The minimum atomic E-state index is -0.629. The van der Waals surface area contributed by atoms with E-state index in [0.29, 0.717) is 6.54 Å². The molecule has 0 aliphatic heterocycles. The standard InChI is InChI=1S/C10H14N4O3/c1-2-6-12-10(15)7-4-3-5-8(13-11)9(7)14(16)17/h3-5,13H,2,6,11H2,1H3,(H,12,15). The Morgan fingerprint density at radius 1 is 1.53 bits per heavy atom. The second-order valence-electron chi connectivity index (χ2n) is 3.36. The molecule has 1 amide bonds. The minimum absolute atomic E-state index is 0.00102. The van der Waals surface area contributed by atoms with Crippen LogP contribution in [0.5, 0.6) is 0 Å². The number of hydrazine groups is 1. The molecule has 1 aromatic rings. The Labute approximate surface area is 98.1 Å². The zero-order valence-electron chi connectivity index (χ0n) is 9.40. The van der Waals surface area contributed by atoms with E-state index in [2.05, 4.69) is 10.7 Å². The number of nitrogens with zero attached hydrogens (tertiary/aromatic N) is 1. The van der Waals surface area contributed by atoms with E-state index < -0.39 is 10.8 Å². The van der Waals surface area contributed by atoms with Crippen molar-refractivity contribution < 1.29 is 9.72 Å². The molecular weight excluding hydrogens is 224 g/mol. The molecule has 0 aliphatic carbocycles. The van der Waals surface area contributed by atoms with Crippen molar-refractivity contribution in [2.45, 2.75) is 13.3 Å². The number of hydrogen-bond donors (Lipinski definition) is 3. The number of nitro groups is 1. The zero-order valence-corrected chi connectivity index (χ0v) is 9.40. The number of para-hydroxylation sites is 1. The number of rotatable bonds is 5. The maximum Gasteiger partial charge on any atom is 0.306 e. The molecule has 7 nitrogen and oxygen atoms in total. The number of carbonyl (C=O) groups is 1. The van der Waals surface area contributed by atoms with Crippen LogP contribution in [0.4, 0.5) is 11.4 Å². The molecule has 0 saturated carbocycles. The lowest BCUT2D eigenvalue weighted by Crippen LogP contribution is -2.25. The van der Waals surface area contributed by atoms with Crippen molar-refractivity contribution >= 4 is 17.3 Å². The van der Waals surface area contributed by atoms with E-state index in [-0.39, 0.29) is 16.9 Å². The summed E-state index contributed by atoms with van der Waals surface area (Å²) in [7, 11) is 0.